The maximum atomic E-state index is 13.5. The van der Waals surface area contributed by atoms with Crippen LogP contribution in [0.2, 0.25) is 0 Å². The Kier molecular flexibility index (Phi) is 5.02. The van der Waals surface area contributed by atoms with Crippen LogP contribution in [0, 0.1) is 0 Å². The molecule has 0 radical (unpaired) electrons. The van der Waals surface area contributed by atoms with Gasteiger partial charge in [-0.1, -0.05) is 42.1 Å². The molecule has 0 bridgehead atoms. The van der Waals surface area contributed by atoms with Gasteiger partial charge in [-0.15, -0.1) is 0 Å². The minimum atomic E-state index is -3.68. The summed E-state index contributed by atoms with van der Waals surface area (Å²) >= 11 is 1.56. The molecule has 2 aliphatic rings. The van der Waals surface area contributed by atoms with E-state index in [1.807, 2.05) is 44.2 Å². The van der Waals surface area contributed by atoms with Crippen LogP contribution in [-0.4, -0.2) is 28.5 Å². The van der Waals surface area contributed by atoms with Crippen molar-refractivity contribution >= 4 is 32.8 Å². The molecular formula is C21H25N5O3S2. The number of sulfonamides is 1. The molecule has 2 aromatic carbocycles. The van der Waals surface area contributed by atoms with Gasteiger partial charge in [0.05, 0.1) is 27.8 Å². The normalized spacial score (nSPS) is 22.8. The molecule has 1 saturated heterocycles. The van der Waals surface area contributed by atoms with Crippen molar-refractivity contribution in [2.75, 3.05) is 0 Å². The molecule has 8 nitrogen and oxygen atoms in total. The van der Waals surface area contributed by atoms with Crippen LogP contribution in [0.5, 0.6) is 0 Å². The van der Waals surface area contributed by atoms with E-state index in [4.69, 9.17) is 0 Å². The highest BCUT2D eigenvalue weighted by Crippen LogP contribution is 2.36. The van der Waals surface area contributed by atoms with Crippen LogP contribution in [0.3, 0.4) is 0 Å². The van der Waals surface area contributed by atoms with Crippen LogP contribution in [0.15, 0.2) is 58.2 Å². The van der Waals surface area contributed by atoms with Gasteiger partial charge in [0.1, 0.15) is 0 Å². The topological polar surface area (TPSA) is 97.2 Å². The minimum absolute atomic E-state index is 0.118. The Hall–Kier alpha value is -2.11. The van der Waals surface area contributed by atoms with E-state index >= 15 is 0 Å². The van der Waals surface area contributed by atoms with Gasteiger partial charge >= 0.3 is 5.69 Å². The van der Waals surface area contributed by atoms with Crippen molar-refractivity contribution in [1.82, 2.24) is 24.7 Å². The summed E-state index contributed by atoms with van der Waals surface area (Å²) in [6.07, 6.45) is 1.66. The highest BCUT2D eigenvalue weighted by Gasteiger charge is 2.41. The van der Waals surface area contributed by atoms with Gasteiger partial charge in [0.2, 0.25) is 10.0 Å². The molecule has 1 aromatic heterocycles. The second kappa shape index (κ2) is 7.49. The van der Waals surface area contributed by atoms with Crippen LogP contribution < -0.4 is 21.3 Å². The van der Waals surface area contributed by atoms with E-state index in [0.29, 0.717) is 17.6 Å². The molecule has 10 heteroatoms. The molecule has 1 aliphatic carbocycles. The summed E-state index contributed by atoms with van der Waals surface area (Å²) in [6, 6.07) is 14.7. The molecule has 5 rings (SSSR count). The number of rotatable bonds is 6. The Morgan fingerprint density at radius 1 is 1.13 bits per heavy atom. The number of nitrogens with one attached hydrogen (secondary N) is 3. The highest BCUT2D eigenvalue weighted by atomic mass is 32.2. The third-order valence-corrected chi connectivity index (χ3v) is 8.54. The predicted molar refractivity (Wildman–Crippen MR) is 122 cm³/mol. The van der Waals surface area contributed by atoms with Gasteiger partial charge in [-0.3, -0.25) is 9.13 Å². The number of thioether (sulfide) groups is 1. The third-order valence-electron chi connectivity index (χ3n) is 5.79. The smallest absolute Gasteiger partial charge is 0.287 e. The Bertz CT molecular complexity index is 1300. The molecule has 1 aliphatic heterocycles. The largest absolute Gasteiger partial charge is 0.331 e. The molecular weight excluding hydrogens is 434 g/mol. The number of nitrogens with zero attached hydrogens (tertiary/aromatic N) is 2. The maximum absolute atomic E-state index is 13.5. The number of hydrogen-bond donors (Lipinski definition) is 3. The van der Waals surface area contributed by atoms with E-state index in [9.17, 15) is 13.2 Å². The zero-order chi connectivity index (χ0) is 21.8. The number of imidazole rings is 1. The van der Waals surface area contributed by atoms with Gasteiger partial charge in [0.25, 0.3) is 0 Å². The lowest BCUT2D eigenvalue weighted by Gasteiger charge is -2.14. The van der Waals surface area contributed by atoms with Crippen molar-refractivity contribution in [3.63, 3.8) is 0 Å². The fourth-order valence-electron chi connectivity index (χ4n) is 3.82. The number of benzene rings is 2. The Labute approximate surface area is 185 Å². The van der Waals surface area contributed by atoms with Crippen molar-refractivity contribution in [2.24, 2.45) is 0 Å². The first-order valence-electron chi connectivity index (χ1n) is 10.3. The van der Waals surface area contributed by atoms with E-state index in [1.165, 1.54) is 0 Å². The predicted octanol–water partition coefficient (Wildman–Crippen LogP) is 2.33. The number of aromatic nitrogens is 2. The molecule has 31 heavy (non-hydrogen) atoms. The van der Waals surface area contributed by atoms with Crippen LogP contribution in [0.4, 0.5) is 0 Å². The number of hydrogen-bond acceptors (Lipinski definition) is 6. The second-order valence-electron chi connectivity index (χ2n) is 8.46. The minimum Gasteiger partial charge on any atom is -0.287 e. The lowest BCUT2D eigenvalue weighted by molar-refractivity contribution is 0.478. The molecule has 2 unspecified atom stereocenters. The SMILES string of the molecule is CC1NNC(n2c(=O)n(Cc3ccccc3)c3ccc(S(=O)(=O)NC4(C)CC4)cc32)S1. The Morgan fingerprint density at radius 3 is 2.52 bits per heavy atom. The lowest BCUT2D eigenvalue weighted by Crippen LogP contribution is -2.35. The molecule has 0 amide bonds. The summed E-state index contributed by atoms with van der Waals surface area (Å²) in [6.45, 7) is 4.31. The molecule has 3 N–H and O–H groups in total. The van der Waals surface area contributed by atoms with E-state index in [0.717, 1.165) is 18.4 Å². The molecule has 1 saturated carbocycles. The van der Waals surface area contributed by atoms with E-state index in [-0.39, 0.29) is 27.0 Å². The van der Waals surface area contributed by atoms with Crippen LogP contribution in [-0.2, 0) is 16.6 Å². The molecule has 2 heterocycles. The van der Waals surface area contributed by atoms with Crippen LogP contribution in [0.25, 0.3) is 11.0 Å². The first kappa shape index (κ1) is 20.8. The van der Waals surface area contributed by atoms with E-state index < -0.39 is 10.0 Å². The molecule has 2 atom stereocenters. The van der Waals surface area contributed by atoms with Gasteiger partial charge in [0, 0.05) is 5.54 Å². The summed E-state index contributed by atoms with van der Waals surface area (Å²) in [5, 5.41) is 0.118. The van der Waals surface area contributed by atoms with Crippen molar-refractivity contribution in [1.29, 1.82) is 0 Å². The second-order valence-corrected chi connectivity index (χ2v) is 11.6. The number of fused-ring (bicyclic) bond motifs is 1. The summed E-state index contributed by atoms with van der Waals surface area (Å²) in [5.74, 6) is 0. The zero-order valence-electron chi connectivity index (χ0n) is 17.3. The van der Waals surface area contributed by atoms with Crippen molar-refractivity contribution in [3.05, 3.63) is 64.6 Å². The Balaban J connectivity index is 1.64. The van der Waals surface area contributed by atoms with Crippen LogP contribution >= 0.6 is 11.8 Å². The average molecular weight is 460 g/mol. The van der Waals surface area contributed by atoms with Gasteiger partial charge in [0.15, 0.2) is 5.50 Å². The number of hydrazine groups is 1. The van der Waals surface area contributed by atoms with Gasteiger partial charge in [-0.2, -0.15) is 0 Å². The van der Waals surface area contributed by atoms with Crippen molar-refractivity contribution in [3.8, 4) is 0 Å². The first-order valence-corrected chi connectivity index (χ1v) is 12.7. The highest BCUT2D eigenvalue weighted by molar-refractivity contribution is 8.00. The third kappa shape index (κ3) is 3.94. The summed E-state index contributed by atoms with van der Waals surface area (Å²) in [5.41, 5.74) is 7.66. The lowest BCUT2D eigenvalue weighted by atomic mass is 10.2. The fourth-order valence-corrected chi connectivity index (χ4v) is 6.29. The molecule has 0 spiro atoms. The average Bonchev–Trinajstić information content (AvgIpc) is 3.18. The first-order chi connectivity index (χ1) is 14.8. The van der Waals surface area contributed by atoms with E-state index in [1.54, 1.807) is 39.1 Å². The molecule has 3 aromatic rings. The maximum Gasteiger partial charge on any atom is 0.331 e. The summed E-state index contributed by atoms with van der Waals surface area (Å²) in [4.78, 5) is 13.6. The summed E-state index contributed by atoms with van der Waals surface area (Å²) in [7, 11) is -3.68. The Morgan fingerprint density at radius 2 is 1.87 bits per heavy atom. The molecule has 164 valence electrons. The van der Waals surface area contributed by atoms with Crippen LogP contribution in [0.1, 0.15) is 37.8 Å². The summed E-state index contributed by atoms with van der Waals surface area (Å²) < 4.78 is 32.0. The zero-order valence-corrected chi connectivity index (χ0v) is 19.0. The monoisotopic (exact) mass is 459 g/mol. The fraction of sp³-hybridized carbons (Fsp3) is 0.381. The molecule has 2 fully saturated rings. The quantitative estimate of drug-likeness (QED) is 0.524. The van der Waals surface area contributed by atoms with Crippen molar-refractivity contribution < 1.29 is 8.42 Å². The standard InChI is InChI=1S/C21H25N5O3S2/c1-14-22-23-19(30-14)26-18-12-16(31(28,29)24-21(2)10-11-21)8-9-17(18)25(20(26)27)13-15-6-4-3-5-7-15/h3-9,12,14,19,22-24H,10-11,13H2,1-2H3. The van der Waals surface area contributed by atoms with Gasteiger partial charge < -0.3 is 0 Å². The van der Waals surface area contributed by atoms with E-state index in [2.05, 4.69) is 15.6 Å². The van der Waals surface area contributed by atoms with Gasteiger partial charge in [-0.25, -0.2) is 28.8 Å². The van der Waals surface area contributed by atoms with Crippen molar-refractivity contribution in [2.45, 2.75) is 54.5 Å². The van der Waals surface area contributed by atoms with Gasteiger partial charge in [-0.05, 0) is 50.5 Å².